The van der Waals surface area contributed by atoms with Crippen LogP contribution in [-0.2, 0) is 9.53 Å². The molecule has 6 N–H and O–H groups in total. The first-order chi connectivity index (χ1) is 12.8. The molecule has 0 aromatic rings. The predicted octanol–water partition coefficient (Wildman–Crippen LogP) is -0.389. The maximum absolute atomic E-state index is 12.0. The Balaban J connectivity index is 2.76. The second-order valence-electron chi connectivity index (χ2n) is 7.15. The van der Waals surface area contributed by atoms with Crippen LogP contribution in [0, 0.1) is 0 Å². The average Bonchev–Trinajstić information content (AvgIpc) is 2.64. The number of ether oxygens (including phenoxy) is 1. The van der Waals surface area contributed by atoms with Crippen LogP contribution in [0.2, 0.25) is 0 Å². The van der Waals surface area contributed by atoms with E-state index in [1.807, 2.05) is 6.92 Å². The number of carbonyl (C=O) groups excluding carboxylic acids is 1. The fourth-order valence-corrected chi connectivity index (χ4v) is 2.95. The van der Waals surface area contributed by atoms with Crippen LogP contribution in [0.25, 0.3) is 0 Å². The summed E-state index contributed by atoms with van der Waals surface area (Å²) in [4.78, 5) is 12.0. The Morgan fingerprint density at radius 3 is 2.44 bits per heavy atom. The molecule has 1 amide bonds. The quantitative estimate of drug-likeness (QED) is 0.280. The lowest BCUT2D eigenvalue weighted by atomic mass is 9.95. The third-order valence-corrected chi connectivity index (χ3v) is 4.80. The number of rotatable bonds is 10. The molecular weight excluding hydrogens is 354 g/mol. The highest BCUT2D eigenvalue weighted by molar-refractivity contribution is 5.76. The molecule has 0 bridgehead atoms. The van der Waals surface area contributed by atoms with Crippen molar-refractivity contribution in [3.8, 4) is 0 Å². The molecule has 27 heavy (non-hydrogen) atoms. The Labute approximate surface area is 160 Å². The lowest BCUT2D eigenvalue weighted by Crippen LogP contribution is -2.50. The van der Waals surface area contributed by atoms with E-state index in [2.05, 4.69) is 5.32 Å². The zero-order valence-electron chi connectivity index (χ0n) is 16.2. The summed E-state index contributed by atoms with van der Waals surface area (Å²) >= 11 is 0. The van der Waals surface area contributed by atoms with Gasteiger partial charge in [-0.3, -0.25) is 4.79 Å². The molecule has 0 fully saturated rings. The second kappa shape index (κ2) is 12.4. The minimum absolute atomic E-state index is 0.0887. The molecule has 0 saturated carbocycles. The van der Waals surface area contributed by atoms with E-state index in [1.165, 1.54) is 0 Å². The Kier molecular flexibility index (Phi) is 11.1. The van der Waals surface area contributed by atoms with E-state index < -0.39 is 42.7 Å². The fraction of sp³-hybridized carbons (Fsp3) is 0.842. The molecule has 7 unspecified atom stereocenters. The molecular formula is C19H35NO7. The van der Waals surface area contributed by atoms with Gasteiger partial charge in [0, 0.05) is 12.8 Å². The fourth-order valence-electron chi connectivity index (χ4n) is 2.95. The minimum Gasteiger partial charge on any atom is -0.393 e. The molecule has 7 atom stereocenters. The molecule has 1 aliphatic rings. The van der Waals surface area contributed by atoms with Crippen molar-refractivity contribution >= 4 is 5.91 Å². The summed E-state index contributed by atoms with van der Waals surface area (Å²) in [6.07, 6.45) is -0.674. The second-order valence-corrected chi connectivity index (χ2v) is 7.15. The maximum Gasteiger partial charge on any atom is 0.220 e. The van der Waals surface area contributed by atoms with Gasteiger partial charge in [0.1, 0.15) is 12.2 Å². The number of carbonyl (C=O) groups is 1. The van der Waals surface area contributed by atoms with Gasteiger partial charge in [0.05, 0.1) is 37.1 Å². The SMILES string of the molecule is CCCC(=O)NC(COC1C/C=C\CC(O)C(O)C1O)C(O)CC(O)CC. The molecule has 0 spiro atoms. The highest BCUT2D eigenvalue weighted by Crippen LogP contribution is 2.18. The highest BCUT2D eigenvalue weighted by Gasteiger charge is 2.33. The summed E-state index contributed by atoms with van der Waals surface area (Å²) in [5, 5.41) is 52.9. The van der Waals surface area contributed by atoms with Crippen LogP contribution in [0.3, 0.4) is 0 Å². The summed E-state index contributed by atoms with van der Waals surface area (Å²) in [6.45, 7) is 3.57. The van der Waals surface area contributed by atoms with E-state index in [0.717, 1.165) is 0 Å². The zero-order valence-corrected chi connectivity index (χ0v) is 16.2. The van der Waals surface area contributed by atoms with E-state index in [1.54, 1.807) is 19.1 Å². The first kappa shape index (κ1) is 24.0. The van der Waals surface area contributed by atoms with Crippen molar-refractivity contribution in [3.05, 3.63) is 12.2 Å². The Morgan fingerprint density at radius 1 is 1.15 bits per heavy atom. The lowest BCUT2D eigenvalue weighted by Gasteiger charge is -2.32. The van der Waals surface area contributed by atoms with Crippen molar-refractivity contribution < 1.29 is 35.1 Å². The smallest absolute Gasteiger partial charge is 0.220 e. The molecule has 1 aliphatic carbocycles. The third-order valence-electron chi connectivity index (χ3n) is 4.80. The van der Waals surface area contributed by atoms with Crippen LogP contribution >= 0.6 is 0 Å². The van der Waals surface area contributed by atoms with Crippen LogP contribution in [0.5, 0.6) is 0 Å². The Hall–Kier alpha value is -1.03. The molecule has 8 nitrogen and oxygen atoms in total. The van der Waals surface area contributed by atoms with Gasteiger partial charge >= 0.3 is 0 Å². The average molecular weight is 389 g/mol. The van der Waals surface area contributed by atoms with Gasteiger partial charge in [0.25, 0.3) is 0 Å². The van der Waals surface area contributed by atoms with Crippen LogP contribution in [0.1, 0.15) is 52.4 Å². The highest BCUT2D eigenvalue weighted by atomic mass is 16.5. The molecule has 0 aromatic heterocycles. The number of amides is 1. The lowest BCUT2D eigenvalue weighted by molar-refractivity contribution is -0.134. The Bertz CT molecular complexity index is 459. The van der Waals surface area contributed by atoms with E-state index in [4.69, 9.17) is 4.74 Å². The van der Waals surface area contributed by atoms with Gasteiger partial charge < -0.3 is 35.6 Å². The number of aliphatic hydroxyl groups is 5. The van der Waals surface area contributed by atoms with E-state index in [0.29, 0.717) is 25.7 Å². The normalized spacial score (nSPS) is 30.6. The molecule has 0 saturated heterocycles. The third kappa shape index (κ3) is 8.25. The van der Waals surface area contributed by atoms with E-state index in [9.17, 15) is 30.3 Å². The molecule has 0 aromatic carbocycles. The number of hydrogen-bond acceptors (Lipinski definition) is 7. The van der Waals surface area contributed by atoms with Crippen molar-refractivity contribution in [2.75, 3.05) is 6.61 Å². The first-order valence-corrected chi connectivity index (χ1v) is 9.76. The van der Waals surface area contributed by atoms with E-state index in [-0.39, 0.29) is 25.4 Å². The first-order valence-electron chi connectivity index (χ1n) is 9.76. The van der Waals surface area contributed by atoms with Gasteiger partial charge in [-0.25, -0.2) is 0 Å². The predicted molar refractivity (Wildman–Crippen MR) is 99.9 cm³/mol. The van der Waals surface area contributed by atoms with Crippen molar-refractivity contribution in [2.24, 2.45) is 0 Å². The number of aliphatic hydroxyl groups excluding tert-OH is 5. The maximum atomic E-state index is 12.0. The van der Waals surface area contributed by atoms with Crippen molar-refractivity contribution in [3.63, 3.8) is 0 Å². The topological polar surface area (TPSA) is 139 Å². The van der Waals surface area contributed by atoms with Crippen LogP contribution in [0.15, 0.2) is 12.2 Å². The zero-order chi connectivity index (χ0) is 20.4. The Morgan fingerprint density at radius 2 is 1.81 bits per heavy atom. The van der Waals surface area contributed by atoms with Gasteiger partial charge in [-0.05, 0) is 25.7 Å². The molecule has 1 rings (SSSR count). The van der Waals surface area contributed by atoms with Gasteiger partial charge in [-0.1, -0.05) is 26.0 Å². The minimum atomic E-state index is -1.35. The van der Waals surface area contributed by atoms with Crippen molar-refractivity contribution in [2.45, 2.75) is 95.0 Å². The molecule has 158 valence electrons. The van der Waals surface area contributed by atoms with Crippen LogP contribution in [-0.4, -0.2) is 80.7 Å². The van der Waals surface area contributed by atoms with Gasteiger partial charge in [0.2, 0.25) is 5.91 Å². The molecule has 8 heteroatoms. The summed E-state index contributed by atoms with van der Waals surface area (Å²) in [7, 11) is 0. The summed E-state index contributed by atoms with van der Waals surface area (Å²) in [5.41, 5.74) is 0. The standard InChI is InChI=1S/C19H35NO7/c1-3-7-17(24)20-13(15(23)10-12(21)4-2)11-27-16-9-6-5-8-14(22)18(25)19(16)26/h5-6,12-16,18-19,21-23,25-26H,3-4,7-11H2,1-2H3,(H,20,24)/b6-5-. The number of hydrogen-bond donors (Lipinski definition) is 6. The van der Waals surface area contributed by atoms with Crippen LogP contribution < -0.4 is 5.32 Å². The number of nitrogens with one attached hydrogen (secondary N) is 1. The van der Waals surface area contributed by atoms with Gasteiger partial charge in [-0.15, -0.1) is 0 Å². The monoisotopic (exact) mass is 389 g/mol. The van der Waals surface area contributed by atoms with Crippen molar-refractivity contribution in [1.29, 1.82) is 0 Å². The van der Waals surface area contributed by atoms with Crippen molar-refractivity contribution in [1.82, 2.24) is 5.32 Å². The van der Waals surface area contributed by atoms with Crippen LogP contribution in [0.4, 0.5) is 0 Å². The van der Waals surface area contributed by atoms with Gasteiger partial charge in [0.15, 0.2) is 0 Å². The molecule has 0 heterocycles. The molecule has 0 radical (unpaired) electrons. The van der Waals surface area contributed by atoms with E-state index >= 15 is 0 Å². The van der Waals surface area contributed by atoms with Gasteiger partial charge in [-0.2, -0.15) is 0 Å². The summed E-state index contributed by atoms with van der Waals surface area (Å²) in [6, 6.07) is -0.756. The molecule has 0 aliphatic heterocycles. The summed E-state index contributed by atoms with van der Waals surface area (Å²) < 4.78 is 5.70. The largest absolute Gasteiger partial charge is 0.393 e. The summed E-state index contributed by atoms with van der Waals surface area (Å²) in [5.74, 6) is -0.232.